The summed E-state index contributed by atoms with van der Waals surface area (Å²) in [6.45, 7) is 0. The van der Waals surface area contributed by atoms with Gasteiger partial charge < -0.3 is 9.64 Å². The third kappa shape index (κ3) is 2.39. The van der Waals surface area contributed by atoms with E-state index in [0.29, 0.717) is 10.7 Å². The highest BCUT2D eigenvalue weighted by Gasteiger charge is 2.65. The largest absolute Gasteiger partial charge is 0.467 e. The summed E-state index contributed by atoms with van der Waals surface area (Å²) in [7, 11) is 1.29. The Hall–Kier alpha value is -3.12. The number of amides is 2. The lowest BCUT2D eigenvalue weighted by Gasteiger charge is -2.34. The lowest BCUT2D eigenvalue weighted by atomic mass is 9.84. The average molecular weight is 409 g/mol. The van der Waals surface area contributed by atoms with Gasteiger partial charge in [-0.05, 0) is 29.3 Å². The number of nitrogens with zero attached hydrogens (tertiary/aromatic N) is 2. The summed E-state index contributed by atoms with van der Waals surface area (Å²) in [6.07, 6.45) is 3.68. The molecule has 2 amide bonds. The average Bonchev–Trinajstić information content (AvgIpc) is 3.21. The zero-order valence-electron chi connectivity index (χ0n) is 15.5. The molecule has 0 aromatic heterocycles. The van der Waals surface area contributed by atoms with Gasteiger partial charge in [-0.25, -0.2) is 9.69 Å². The van der Waals surface area contributed by atoms with Crippen LogP contribution < -0.4 is 4.90 Å². The van der Waals surface area contributed by atoms with Gasteiger partial charge in [0.05, 0.1) is 35.7 Å². The number of fused-ring (bicyclic) bond motifs is 5. The lowest BCUT2D eigenvalue weighted by Crippen LogP contribution is -2.44. The molecule has 0 aliphatic carbocycles. The minimum absolute atomic E-state index is 0.310. The number of rotatable bonds is 2. The number of methoxy groups -OCH3 is 1. The van der Waals surface area contributed by atoms with E-state index in [4.69, 9.17) is 16.3 Å². The fourth-order valence-corrected chi connectivity index (χ4v) is 5.04. The third-order valence-corrected chi connectivity index (χ3v) is 6.32. The van der Waals surface area contributed by atoms with Crippen LogP contribution in [0.1, 0.15) is 17.2 Å². The number of carbonyl (C=O) groups excluding carboxylic acids is 3. The van der Waals surface area contributed by atoms with E-state index in [1.54, 1.807) is 35.4 Å². The van der Waals surface area contributed by atoms with Gasteiger partial charge in [0, 0.05) is 6.20 Å². The van der Waals surface area contributed by atoms with E-state index in [1.165, 1.54) is 7.11 Å². The number of imide groups is 1. The zero-order valence-corrected chi connectivity index (χ0v) is 16.2. The molecule has 2 fully saturated rings. The maximum absolute atomic E-state index is 13.5. The van der Waals surface area contributed by atoms with Crippen molar-refractivity contribution in [2.24, 2.45) is 11.8 Å². The van der Waals surface area contributed by atoms with Crippen molar-refractivity contribution in [3.8, 4) is 0 Å². The van der Waals surface area contributed by atoms with Crippen LogP contribution in [-0.2, 0) is 19.1 Å². The second kappa shape index (κ2) is 6.46. The van der Waals surface area contributed by atoms with E-state index in [1.807, 2.05) is 30.3 Å². The molecule has 5 rings (SSSR count). The maximum Gasteiger partial charge on any atom is 0.329 e. The number of benzene rings is 2. The highest BCUT2D eigenvalue weighted by molar-refractivity contribution is 6.36. The van der Waals surface area contributed by atoms with Crippen LogP contribution in [-0.4, -0.2) is 35.8 Å². The van der Waals surface area contributed by atoms with Crippen LogP contribution in [0.15, 0.2) is 54.7 Å². The Morgan fingerprint density at radius 3 is 2.45 bits per heavy atom. The second-order valence-electron chi connectivity index (χ2n) is 7.32. The van der Waals surface area contributed by atoms with E-state index < -0.39 is 35.8 Å². The number of anilines is 1. The molecule has 3 aliphatic heterocycles. The van der Waals surface area contributed by atoms with Gasteiger partial charge in [-0.3, -0.25) is 9.59 Å². The van der Waals surface area contributed by atoms with Crippen LogP contribution in [0.5, 0.6) is 0 Å². The molecule has 7 heteroatoms. The van der Waals surface area contributed by atoms with E-state index in [2.05, 4.69) is 0 Å². The third-order valence-electron chi connectivity index (χ3n) is 6.00. The Kier molecular flexibility index (Phi) is 3.99. The van der Waals surface area contributed by atoms with Crippen molar-refractivity contribution in [1.29, 1.82) is 0 Å². The molecule has 4 atom stereocenters. The Bertz CT molecular complexity index is 1080. The first-order valence-corrected chi connectivity index (χ1v) is 9.67. The van der Waals surface area contributed by atoms with Crippen LogP contribution in [0, 0.1) is 11.8 Å². The summed E-state index contributed by atoms with van der Waals surface area (Å²) in [6, 6.07) is 13.1. The number of halogens is 1. The highest BCUT2D eigenvalue weighted by atomic mass is 35.5. The molecule has 0 unspecified atom stereocenters. The molecule has 0 bridgehead atoms. The molecule has 2 saturated heterocycles. The Morgan fingerprint density at radius 2 is 1.69 bits per heavy atom. The first-order chi connectivity index (χ1) is 14.0. The lowest BCUT2D eigenvalue weighted by molar-refractivity contribution is -0.148. The van der Waals surface area contributed by atoms with Gasteiger partial charge in [0.1, 0.15) is 6.04 Å². The summed E-state index contributed by atoms with van der Waals surface area (Å²) < 4.78 is 5.00. The van der Waals surface area contributed by atoms with Crippen molar-refractivity contribution >= 4 is 41.1 Å². The number of hydrogen-bond donors (Lipinski definition) is 0. The zero-order chi connectivity index (χ0) is 20.3. The first-order valence-electron chi connectivity index (χ1n) is 9.29. The molecule has 2 aromatic carbocycles. The van der Waals surface area contributed by atoms with Gasteiger partial charge in [0.2, 0.25) is 11.8 Å². The van der Waals surface area contributed by atoms with Gasteiger partial charge in [-0.15, -0.1) is 0 Å². The first kappa shape index (κ1) is 17.9. The van der Waals surface area contributed by atoms with Gasteiger partial charge in [-0.2, -0.15) is 0 Å². The molecule has 3 heterocycles. The summed E-state index contributed by atoms with van der Waals surface area (Å²) in [5, 5.41) is 0.310. The molecule has 0 radical (unpaired) electrons. The molecule has 2 aromatic rings. The van der Waals surface area contributed by atoms with Crippen molar-refractivity contribution in [2.45, 2.75) is 12.1 Å². The van der Waals surface area contributed by atoms with Gasteiger partial charge >= 0.3 is 5.97 Å². The molecule has 29 heavy (non-hydrogen) atoms. The molecule has 6 nitrogen and oxygen atoms in total. The summed E-state index contributed by atoms with van der Waals surface area (Å²) in [4.78, 5) is 42.5. The Morgan fingerprint density at radius 1 is 1.00 bits per heavy atom. The van der Waals surface area contributed by atoms with Crippen LogP contribution in [0.25, 0.3) is 6.08 Å². The van der Waals surface area contributed by atoms with Crippen molar-refractivity contribution in [3.05, 3.63) is 70.9 Å². The number of para-hydroxylation sites is 1. The van der Waals surface area contributed by atoms with Gasteiger partial charge in [0.25, 0.3) is 0 Å². The van der Waals surface area contributed by atoms with E-state index in [0.717, 1.165) is 16.0 Å². The molecule has 0 saturated carbocycles. The molecule has 146 valence electrons. The quantitative estimate of drug-likeness (QED) is 0.564. The fraction of sp³-hybridized carbons (Fsp3) is 0.227. The summed E-state index contributed by atoms with van der Waals surface area (Å²) >= 11 is 6.28. The minimum Gasteiger partial charge on any atom is -0.467 e. The summed E-state index contributed by atoms with van der Waals surface area (Å²) in [5.74, 6) is -2.85. The molecular weight excluding hydrogens is 392 g/mol. The monoisotopic (exact) mass is 408 g/mol. The van der Waals surface area contributed by atoms with Crippen molar-refractivity contribution in [3.63, 3.8) is 0 Å². The molecule has 0 N–H and O–H groups in total. The number of esters is 1. The van der Waals surface area contributed by atoms with Crippen LogP contribution >= 0.6 is 11.6 Å². The molecule has 3 aliphatic rings. The van der Waals surface area contributed by atoms with Crippen LogP contribution in [0.4, 0.5) is 5.69 Å². The standard InChI is InChI=1S/C22H17ClN2O4/c1-29-22(28)19-17-16(18-13-7-3-2-6-12(13)10-11-24(18)19)20(26)25(21(17)27)15-9-5-4-8-14(15)23/h2-11,16-19H,1H3/t16-,17-,18+,19-/m0/s1. The SMILES string of the molecule is COC(=O)[C@@H]1[C@H]2C(=O)N(c3ccccc3Cl)C(=O)[C@@H]2[C@H]2c3ccccc3C=CN12. The number of hydrogen-bond acceptors (Lipinski definition) is 5. The number of carbonyl (C=O) groups is 3. The Labute approximate surface area is 172 Å². The van der Waals surface area contributed by atoms with Crippen molar-refractivity contribution < 1.29 is 19.1 Å². The van der Waals surface area contributed by atoms with E-state index in [9.17, 15) is 14.4 Å². The topological polar surface area (TPSA) is 66.9 Å². The number of ether oxygens (including phenoxy) is 1. The van der Waals surface area contributed by atoms with E-state index >= 15 is 0 Å². The smallest absolute Gasteiger partial charge is 0.329 e. The predicted octanol–water partition coefficient (Wildman–Crippen LogP) is 3.03. The summed E-state index contributed by atoms with van der Waals surface area (Å²) in [5.41, 5.74) is 2.22. The predicted molar refractivity (Wildman–Crippen MR) is 107 cm³/mol. The Balaban J connectivity index is 1.67. The van der Waals surface area contributed by atoms with Crippen molar-refractivity contribution in [2.75, 3.05) is 12.0 Å². The van der Waals surface area contributed by atoms with E-state index in [-0.39, 0.29) is 5.91 Å². The fourth-order valence-electron chi connectivity index (χ4n) is 4.82. The van der Waals surface area contributed by atoms with Gasteiger partial charge in [-0.1, -0.05) is 48.0 Å². The molecule has 0 spiro atoms. The minimum atomic E-state index is -0.872. The maximum atomic E-state index is 13.5. The van der Waals surface area contributed by atoms with Crippen LogP contribution in [0.3, 0.4) is 0 Å². The highest BCUT2D eigenvalue weighted by Crippen LogP contribution is 2.53. The molecular formula is C22H17ClN2O4. The normalized spacial score (nSPS) is 27.0. The van der Waals surface area contributed by atoms with Crippen LogP contribution in [0.2, 0.25) is 5.02 Å². The second-order valence-corrected chi connectivity index (χ2v) is 7.73. The van der Waals surface area contributed by atoms with Crippen molar-refractivity contribution in [1.82, 2.24) is 4.90 Å². The van der Waals surface area contributed by atoms with Gasteiger partial charge in [0.15, 0.2) is 0 Å².